The molecule has 1 aliphatic heterocycles. The van der Waals surface area contributed by atoms with Gasteiger partial charge in [0.1, 0.15) is 17.7 Å². The number of hydrogen-bond donors (Lipinski definition) is 1. The minimum absolute atomic E-state index is 0. The summed E-state index contributed by atoms with van der Waals surface area (Å²) in [6, 6.07) is 11.0. The number of ether oxygens (including phenoxy) is 1. The van der Waals surface area contributed by atoms with E-state index in [4.69, 9.17) is 39.5 Å². The van der Waals surface area contributed by atoms with Crippen LogP contribution in [-0.2, 0) is 6.42 Å². The molecular formula is C17H15BrCl3NO2S. The first-order chi connectivity index (χ1) is 11.5. The van der Waals surface area contributed by atoms with E-state index in [1.165, 1.54) is 10.6 Å². The third-order valence-corrected chi connectivity index (χ3v) is 6.59. The Balaban J connectivity index is 0.00000182. The first-order valence-electron chi connectivity index (χ1n) is 7.52. The van der Waals surface area contributed by atoms with E-state index >= 15 is 0 Å². The summed E-state index contributed by atoms with van der Waals surface area (Å²) in [6.45, 7) is 0.346. The maximum Gasteiger partial charge on any atom is 0.138 e. The molecule has 1 heterocycles. The molecule has 0 bridgehead atoms. The molecule has 1 N–H and O–H groups in total. The Morgan fingerprint density at radius 2 is 1.84 bits per heavy atom. The number of benzene rings is 2. The second-order valence-electron chi connectivity index (χ2n) is 5.89. The fourth-order valence-electron chi connectivity index (χ4n) is 3.32. The topological polar surface area (TPSA) is 32.7 Å². The average molecular weight is 484 g/mol. The molecule has 2 aromatic carbocycles. The molecule has 1 aliphatic carbocycles. The van der Waals surface area contributed by atoms with Crippen LogP contribution in [0.5, 0.6) is 5.75 Å². The van der Waals surface area contributed by atoms with Crippen molar-refractivity contribution in [1.29, 1.82) is 0 Å². The van der Waals surface area contributed by atoms with Crippen LogP contribution in [0, 0.1) is 0 Å². The molecule has 1 fully saturated rings. The summed E-state index contributed by atoms with van der Waals surface area (Å²) in [4.78, 5) is 0. The van der Waals surface area contributed by atoms with E-state index in [0.29, 0.717) is 27.7 Å². The SMILES string of the molecule is Br.ON1C(COc2ccc(Cl)cc2Cl)SC2Cc3cc(Cl)ccc3C21. The summed E-state index contributed by atoms with van der Waals surface area (Å²) in [5.74, 6) is 0.569. The van der Waals surface area contributed by atoms with Gasteiger partial charge in [0, 0.05) is 15.3 Å². The predicted molar refractivity (Wildman–Crippen MR) is 109 cm³/mol. The molecule has 25 heavy (non-hydrogen) atoms. The molecular weight excluding hydrogens is 469 g/mol. The molecule has 3 nitrogen and oxygen atoms in total. The largest absolute Gasteiger partial charge is 0.489 e. The Bertz CT molecular complexity index is 794. The normalized spacial score (nSPS) is 24.6. The van der Waals surface area contributed by atoms with Crippen molar-refractivity contribution in [2.75, 3.05) is 6.61 Å². The second-order valence-corrected chi connectivity index (χ2v) is 8.59. The smallest absolute Gasteiger partial charge is 0.138 e. The molecule has 3 unspecified atom stereocenters. The van der Waals surface area contributed by atoms with E-state index in [1.54, 1.807) is 30.0 Å². The molecule has 0 spiro atoms. The number of rotatable bonds is 3. The second kappa shape index (κ2) is 7.85. The van der Waals surface area contributed by atoms with E-state index in [-0.39, 0.29) is 28.4 Å². The summed E-state index contributed by atoms with van der Waals surface area (Å²) >= 11 is 19.8. The Kier molecular flexibility index (Phi) is 6.16. The van der Waals surface area contributed by atoms with Gasteiger partial charge in [-0.1, -0.05) is 40.9 Å². The maximum atomic E-state index is 10.6. The Morgan fingerprint density at radius 3 is 2.60 bits per heavy atom. The van der Waals surface area contributed by atoms with Crippen LogP contribution in [0.25, 0.3) is 0 Å². The van der Waals surface area contributed by atoms with E-state index < -0.39 is 0 Å². The van der Waals surface area contributed by atoms with Crippen LogP contribution < -0.4 is 4.74 Å². The van der Waals surface area contributed by atoms with Crippen LogP contribution in [0.1, 0.15) is 17.2 Å². The Morgan fingerprint density at radius 1 is 1.12 bits per heavy atom. The number of thioether (sulfide) groups is 1. The third kappa shape index (κ3) is 3.79. The van der Waals surface area contributed by atoms with Gasteiger partial charge in [-0.2, -0.15) is 5.06 Å². The van der Waals surface area contributed by atoms with Crippen molar-refractivity contribution < 1.29 is 9.94 Å². The van der Waals surface area contributed by atoms with Crippen molar-refractivity contribution in [2.24, 2.45) is 0 Å². The van der Waals surface area contributed by atoms with Crippen LogP contribution in [-0.4, -0.2) is 27.5 Å². The van der Waals surface area contributed by atoms with Crippen molar-refractivity contribution in [3.8, 4) is 5.75 Å². The zero-order chi connectivity index (χ0) is 16.8. The van der Waals surface area contributed by atoms with Gasteiger partial charge in [0.25, 0.3) is 0 Å². The van der Waals surface area contributed by atoms with E-state index in [1.807, 2.05) is 18.2 Å². The van der Waals surface area contributed by atoms with Gasteiger partial charge >= 0.3 is 0 Å². The van der Waals surface area contributed by atoms with Crippen molar-refractivity contribution >= 4 is 63.5 Å². The fraction of sp³-hybridized carbons (Fsp3) is 0.294. The van der Waals surface area contributed by atoms with E-state index in [2.05, 4.69) is 0 Å². The molecule has 2 aliphatic rings. The maximum absolute atomic E-state index is 10.6. The molecule has 0 radical (unpaired) electrons. The molecule has 2 aromatic rings. The molecule has 1 saturated heterocycles. The lowest BCUT2D eigenvalue weighted by Gasteiger charge is -2.23. The van der Waals surface area contributed by atoms with Crippen molar-refractivity contribution in [1.82, 2.24) is 5.06 Å². The van der Waals surface area contributed by atoms with Crippen molar-refractivity contribution in [3.63, 3.8) is 0 Å². The number of halogens is 4. The van der Waals surface area contributed by atoms with Gasteiger partial charge in [-0.05, 0) is 47.9 Å². The standard InChI is InChI=1S/C17H14Cl3NO2S.BrH/c18-10-1-3-12-9(5-10)6-15-17(12)21(22)16(24-15)8-23-14-4-2-11(19)7-13(14)20;/h1-5,7,15-17,22H,6,8H2;1H. The molecule has 0 aromatic heterocycles. The Hall–Kier alpha value is -0.140. The number of hydroxylamine groups is 2. The predicted octanol–water partition coefficient (Wildman–Crippen LogP) is 6.03. The zero-order valence-electron chi connectivity index (χ0n) is 12.9. The van der Waals surface area contributed by atoms with Gasteiger partial charge in [0.05, 0.1) is 11.1 Å². The summed E-state index contributed by atoms with van der Waals surface area (Å²) in [5.41, 5.74) is 2.36. The highest BCUT2D eigenvalue weighted by Gasteiger charge is 2.47. The first-order valence-corrected chi connectivity index (χ1v) is 9.59. The lowest BCUT2D eigenvalue weighted by atomic mass is 10.1. The van der Waals surface area contributed by atoms with Crippen LogP contribution in [0.2, 0.25) is 15.1 Å². The van der Waals surface area contributed by atoms with Gasteiger partial charge in [-0.25, -0.2) is 0 Å². The van der Waals surface area contributed by atoms with Gasteiger partial charge in [-0.3, -0.25) is 0 Å². The highest BCUT2D eigenvalue weighted by atomic mass is 79.9. The lowest BCUT2D eigenvalue weighted by molar-refractivity contribution is -0.133. The molecule has 3 atom stereocenters. The van der Waals surface area contributed by atoms with Crippen LogP contribution >= 0.6 is 63.5 Å². The summed E-state index contributed by atoms with van der Waals surface area (Å²) in [7, 11) is 0. The molecule has 134 valence electrons. The monoisotopic (exact) mass is 481 g/mol. The molecule has 0 amide bonds. The zero-order valence-corrected chi connectivity index (χ0v) is 17.7. The van der Waals surface area contributed by atoms with E-state index in [9.17, 15) is 5.21 Å². The Labute approximate surface area is 175 Å². The number of nitrogens with zero attached hydrogens (tertiary/aromatic N) is 1. The minimum Gasteiger partial charge on any atom is -0.489 e. The van der Waals surface area contributed by atoms with Gasteiger partial charge < -0.3 is 9.94 Å². The van der Waals surface area contributed by atoms with Crippen LogP contribution in [0.4, 0.5) is 0 Å². The van der Waals surface area contributed by atoms with E-state index in [0.717, 1.165) is 17.0 Å². The number of fused-ring (bicyclic) bond motifs is 3. The molecule has 8 heteroatoms. The van der Waals surface area contributed by atoms with Gasteiger partial charge in [0.2, 0.25) is 0 Å². The summed E-state index contributed by atoms with van der Waals surface area (Å²) < 4.78 is 5.78. The molecule has 4 rings (SSSR count). The van der Waals surface area contributed by atoms with Gasteiger partial charge in [0.15, 0.2) is 0 Å². The van der Waals surface area contributed by atoms with Crippen molar-refractivity contribution in [2.45, 2.75) is 23.1 Å². The fourth-order valence-corrected chi connectivity index (χ4v) is 5.48. The first kappa shape index (κ1) is 19.6. The summed E-state index contributed by atoms with van der Waals surface area (Å²) in [5, 5.41) is 13.9. The van der Waals surface area contributed by atoms with Crippen molar-refractivity contribution in [3.05, 3.63) is 62.6 Å². The van der Waals surface area contributed by atoms with Crippen LogP contribution in [0.3, 0.4) is 0 Å². The summed E-state index contributed by atoms with van der Waals surface area (Å²) in [6.07, 6.45) is 0.903. The highest BCUT2D eigenvalue weighted by Crippen LogP contribution is 2.50. The van der Waals surface area contributed by atoms with Crippen LogP contribution in [0.15, 0.2) is 36.4 Å². The lowest BCUT2D eigenvalue weighted by Crippen LogP contribution is -2.32. The number of hydrogen-bond acceptors (Lipinski definition) is 4. The quantitative estimate of drug-likeness (QED) is 0.578. The van der Waals surface area contributed by atoms with Gasteiger partial charge in [-0.15, -0.1) is 28.7 Å². The average Bonchev–Trinajstić information content (AvgIpc) is 3.02. The third-order valence-electron chi connectivity index (χ3n) is 4.38. The molecule has 0 saturated carbocycles. The minimum atomic E-state index is -0.143. The highest BCUT2D eigenvalue weighted by molar-refractivity contribution is 8.93.